The van der Waals surface area contributed by atoms with E-state index in [9.17, 15) is 9.18 Å². The molecule has 0 aliphatic carbocycles. The molecule has 1 N–H and O–H groups in total. The highest BCUT2D eigenvalue weighted by Gasteiger charge is 2.28. The minimum atomic E-state index is -0.269. The quantitative estimate of drug-likeness (QED) is 0.813. The maximum Gasteiger partial charge on any atom is 0.247 e. The summed E-state index contributed by atoms with van der Waals surface area (Å²) in [7, 11) is 0. The van der Waals surface area contributed by atoms with Gasteiger partial charge < -0.3 is 5.32 Å². The van der Waals surface area contributed by atoms with Crippen LogP contribution in [0.15, 0.2) is 35.9 Å². The molecule has 0 bridgehead atoms. The highest BCUT2D eigenvalue weighted by Crippen LogP contribution is 2.33. The van der Waals surface area contributed by atoms with Crippen LogP contribution >= 0.6 is 0 Å². The summed E-state index contributed by atoms with van der Waals surface area (Å²) in [6, 6.07) is 6.15. The third-order valence-electron chi connectivity index (χ3n) is 3.21. The Bertz CT molecular complexity index is 483. The molecule has 0 heterocycles. The van der Waals surface area contributed by atoms with Gasteiger partial charge in [0, 0.05) is 5.57 Å². The molecular formula is C17H24FNO. The molecule has 0 aliphatic heterocycles. The van der Waals surface area contributed by atoms with Crippen molar-refractivity contribution in [3.63, 3.8) is 0 Å². The predicted molar refractivity (Wildman–Crippen MR) is 80.8 cm³/mol. The van der Waals surface area contributed by atoms with Crippen molar-refractivity contribution in [3.8, 4) is 0 Å². The predicted octanol–water partition coefficient (Wildman–Crippen LogP) is 4.39. The third kappa shape index (κ3) is 4.48. The minimum Gasteiger partial charge on any atom is -0.345 e. The average Bonchev–Trinajstić information content (AvgIpc) is 2.36. The minimum absolute atomic E-state index is 0.0731. The summed E-state index contributed by atoms with van der Waals surface area (Å²) in [5.41, 5.74) is 1.47. The molecule has 1 amide bonds. The van der Waals surface area contributed by atoms with Crippen molar-refractivity contribution in [2.75, 3.05) is 0 Å². The van der Waals surface area contributed by atoms with Crippen molar-refractivity contribution >= 4 is 5.91 Å². The van der Waals surface area contributed by atoms with Gasteiger partial charge in [0.2, 0.25) is 5.91 Å². The summed E-state index contributed by atoms with van der Waals surface area (Å²) in [5, 5.41) is 3.05. The molecule has 0 fully saturated rings. The van der Waals surface area contributed by atoms with E-state index in [1.54, 1.807) is 12.1 Å². The second kappa shape index (κ2) is 6.69. The normalized spacial score (nSPS) is 14.0. The number of allylic oxidation sites excluding steroid dienone is 1. The molecule has 1 aromatic carbocycles. The smallest absolute Gasteiger partial charge is 0.247 e. The van der Waals surface area contributed by atoms with E-state index in [2.05, 4.69) is 26.1 Å². The zero-order valence-electron chi connectivity index (χ0n) is 13.0. The van der Waals surface area contributed by atoms with Crippen molar-refractivity contribution in [2.45, 2.75) is 47.1 Å². The average molecular weight is 277 g/mol. The molecule has 1 unspecified atom stereocenters. The fourth-order valence-corrected chi connectivity index (χ4v) is 2.10. The lowest BCUT2D eigenvalue weighted by Gasteiger charge is -2.32. The maximum atomic E-state index is 13.0. The number of nitrogens with one attached hydrogen (secondary N) is 1. The van der Waals surface area contributed by atoms with E-state index in [0.29, 0.717) is 5.57 Å². The summed E-state index contributed by atoms with van der Waals surface area (Å²) >= 11 is 0. The molecule has 0 saturated heterocycles. The maximum absolute atomic E-state index is 13.0. The third-order valence-corrected chi connectivity index (χ3v) is 3.21. The van der Waals surface area contributed by atoms with Crippen molar-refractivity contribution < 1.29 is 9.18 Å². The zero-order valence-corrected chi connectivity index (χ0v) is 13.0. The number of carbonyl (C=O) groups excluding carboxylic acids is 1. The van der Waals surface area contributed by atoms with Crippen molar-refractivity contribution in [3.05, 3.63) is 47.3 Å². The fraction of sp³-hybridized carbons (Fsp3) is 0.471. The van der Waals surface area contributed by atoms with E-state index in [4.69, 9.17) is 0 Å². The molecule has 110 valence electrons. The van der Waals surface area contributed by atoms with Gasteiger partial charge in [-0.2, -0.15) is 0 Å². The molecule has 0 aromatic heterocycles. The van der Waals surface area contributed by atoms with E-state index >= 15 is 0 Å². The van der Waals surface area contributed by atoms with Crippen LogP contribution in [0, 0.1) is 11.2 Å². The van der Waals surface area contributed by atoms with Crippen LogP contribution in [-0.4, -0.2) is 5.91 Å². The Balaban J connectivity index is 3.00. The van der Waals surface area contributed by atoms with Crippen LogP contribution in [0.25, 0.3) is 0 Å². The highest BCUT2D eigenvalue weighted by molar-refractivity contribution is 5.93. The van der Waals surface area contributed by atoms with Gasteiger partial charge in [0.05, 0.1) is 6.04 Å². The van der Waals surface area contributed by atoms with Crippen LogP contribution in [0.3, 0.4) is 0 Å². The van der Waals surface area contributed by atoms with E-state index in [-0.39, 0.29) is 23.2 Å². The first-order chi connectivity index (χ1) is 9.25. The highest BCUT2D eigenvalue weighted by atomic mass is 19.1. The standard InChI is InChI=1S/C17H24FNO/c1-6-7-12(2)16(20)19-15(17(3,4)5)13-8-10-14(18)11-9-13/h7-11,15H,6H2,1-5H3,(H,19,20)/b12-7-. The van der Waals surface area contributed by atoms with Crippen LogP contribution in [0.4, 0.5) is 4.39 Å². The SMILES string of the molecule is CC/C=C(/C)C(=O)NC(c1ccc(F)cc1)C(C)(C)C. The van der Waals surface area contributed by atoms with Gasteiger partial charge in [-0.15, -0.1) is 0 Å². The molecule has 2 nitrogen and oxygen atoms in total. The van der Waals surface area contributed by atoms with Crippen molar-refractivity contribution in [2.24, 2.45) is 5.41 Å². The van der Waals surface area contributed by atoms with Crippen LogP contribution in [0.2, 0.25) is 0 Å². The molecule has 0 spiro atoms. The summed E-state index contributed by atoms with van der Waals surface area (Å²) in [6.45, 7) is 9.97. The first kappa shape index (κ1) is 16.4. The monoisotopic (exact) mass is 277 g/mol. The lowest BCUT2D eigenvalue weighted by molar-refractivity contribution is -0.119. The van der Waals surface area contributed by atoms with Gasteiger partial charge >= 0.3 is 0 Å². The van der Waals surface area contributed by atoms with Gasteiger partial charge in [-0.05, 0) is 36.5 Å². The lowest BCUT2D eigenvalue weighted by atomic mass is 9.82. The first-order valence-corrected chi connectivity index (χ1v) is 6.98. The van der Waals surface area contributed by atoms with Gasteiger partial charge in [-0.3, -0.25) is 4.79 Å². The largest absolute Gasteiger partial charge is 0.345 e. The topological polar surface area (TPSA) is 29.1 Å². The first-order valence-electron chi connectivity index (χ1n) is 6.98. The Morgan fingerprint density at radius 2 is 1.85 bits per heavy atom. The molecule has 0 radical (unpaired) electrons. The Hall–Kier alpha value is -1.64. The van der Waals surface area contributed by atoms with Crippen LogP contribution in [0.1, 0.15) is 52.6 Å². The van der Waals surface area contributed by atoms with Crippen LogP contribution in [0.5, 0.6) is 0 Å². The van der Waals surface area contributed by atoms with E-state index in [1.807, 2.05) is 19.9 Å². The van der Waals surface area contributed by atoms with Crippen molar-refractivity contribution in [1.82, 2.24) is 5.32 Å². The Labute approximate surface area is 121 Å². The molecule has 1 aromatic rings. The summed E-state index contributed by atoms with van der Waals surface area (Å²) in [6.07, 6.45) is 2.73. The van der Waals surface area contributed by atoms with Crippen LogP contribution in [-0.2, 0) is 4.79 Å². The molecular weight excluding hydrogens is 253 g/mol. The van der Waals surface area contributed by atoms with Gasteiger partial charge in [0.25, 0.3) is 0 Å². The molecule has 0 saturated carbocycles. The number of halogens is 1. The van der Waals surface area contributed by atoms with Gasteiger partial charge in [-0.25, -0.2) is 4.39 Å². The van der Waals surface area contributed by atoms with Crippen molar-refractivity contribution in [1.29, 1.82) is 0 Å². The van der Waals surface area contributed by atoms with Crippen LogP contribution < -0.4 is 5.32 Å². The van der Waals surface area contributed by atoms with E-state index < -0.39 is 0 Å². The molecule has 3 heteroatoms. The number of rotatable bonds is 4. The number of benzene rings is 1. The molecule has 0 aliphatic rings. The molecule has 1 atom stereocenters. The Kier molecular flexibility index (Phi) is 5.49. The van der Waals surface area contributed by atoms with Gasteiger partial charge in [0.1, 0.15) is 5.82 Å². The summed E-state index contributed by atoms with van der Waals surface area (Å²) in [4.78, 5) is 12.2. The number of amides is 1. The number of carbonyl (C=O) groups is 1. The van der Waals surface area contributed by atoms with E-state index in [0.717, 1.165) is 12.0 Å². The zero-order chi connectivity index (χ0) is 15.3. The van der Waals surface area contributed by atoms with Gasteiger partial charge in [0.15, 0.2) is 0 Å². The second-order valence-electron chi connectivity index (χ2n) is 6.12. The fourth-order valence-electron chi connectivity index (χ4n) is 2.10. The summed E-state index contributed by atoms with van der Waals surface area (Å²) < 4.78 is 13.0. The lowest BCUT2D eigenvalue weighted by Crippen LogP contribution is -2.37. The van der Waals surface area contributed by atoms with E-state index in [1.165, 1.54) is 12.1 Å². The Morgan fingerprint density at radius 3 is 2.30 bits per heavy atom. The molecule has 1 rings (SSSR count). The second-order valence-corrected chi connectivity index (χ2v) is 6.12. The summed E-state index contributed by atoms with van der Waals surface area (Å²) in [5.74, 6) is -0.342. The Morgan fingerprint density at radius 1 is 1.30 bits per heavy atom. The number of hydrogen-bond acceptors (Lipinski definition) is 1. The van der Waals surface area contributed by atoms with Gasteiger partial charge in [-0.1, -0.05) is 45.9 Å². The number of hydrogen-bond donors (Lipinski definition) is 1. The molecule has 20 heavy (non-hydrogen) atoms.